The van der Waals surface area contributed by atoms with Crippen LogP contribution < -0.4 is 5.32 Å². The molecule has 0 saturated carbocycles. The van der Waals surface area contributed by atoms with Gasteiger partial charge in [0.25, 0.3) is 0 Å². The SMILES string of the molecule is CCCC[C@H]1CN(Cc2ccccc2)CCN1.CCCC[C@H]1CN(Cc2ccccc2)CCN1C(=O)OC(C)(C)C. The molecule has 0 unspecified atom stereocenters. The van der Waals surface area contributed by atoms with Crippen LogP contribution in [0.3, 0.4) is 0 Å². The number of unbranched alkanes of at least 4 members (excludes halogenated alkanes) is 2. The average molecular weight is 565 g/mol. The van der Waals surface area contributed by atoms with Gasteiger partial charge in [-0.05, 0) is 44.7 Å². The van der Waals surface area contributed by atoms with Crippen LogP contribution in [0.15, 0.2) is 60.7 Å². The molecule has 2 atom stereocenters. The van der Waals surface area contributed by atoms with E-state index in [9.17, 15) is 4.79 Å². The molecule has 1 N–H and O–H groups in total. The Bertz CT molecular complexity index is 979. The maximum Gasteiger partial charge on any atom is 0.410 e. The molecule has 0 aromatic heterocycles. The summed E-state index contributed by atoms with van der Waals surface area (Å²) in [6.45, 7) is 18.4. The van der Waals surface area contributed by atoms with E-state index in [0.717, 1.165) is 58.5 Å². The minimum Gasteiger partial charge on any atom is -0.444 e. The Kier molecular flexibility index (Phi) is 14.1. The van der Waals surface area contributed by atoms with E-state index in [2.05, 4.69) is 83.6 Å². The summed E-state index contributed by atoms with van der Waals surface area (Å²) in [5, 5.41) is 3.63. The Morgan fingerprint density at radius 3 is 1.93 bits per heavy atom. The van der Waals surface area contributed by atoms with Gasteiger partial charge >= 0.3 is 6.09 Å². The highest BCUT2D eigenvalue weighted by Gasteiger charge is 2.32. The van der Waals surface area contributed by atoms with Crippen LogP contribution in [-0.2, 0) is 17.8 Å². The van der Waals surface area contributed by atoms with Crippen molar-refractivity contribution in [2.24, 2.45) is 0 Å². The van der Waals surface area contributed by atoms with Crippen molar-refractivity contribution in [2.45, 2.75) is 104 Å². The van der Waals surface area contributed by atoms with Crippen molar-refractivity contribution < 1.29 is 9.53 Å². The average Bonchev–Trinajstić information content (AvgIpc) is 2.96. The van der Waals surface area contributed by atoms with E-state index in [-0.39, 0.29) is 12.1 Å². The van der Waals surface area contributed by atoms with E-state index in [4.69, 9.17) is 4.74 Å². The molecule has 2 saturated heterocycles. The number of nitrogens with one attached hydrogen (secondary N) is 1. The Balaban J connectivity index is 0.000000239. The normalized spacial score (nSPS) is 20.3. The van der Waals surface area contributed by atoms with Gasteiger partial charge in [-0.1, -0.05) is 100 Å². The van der Waals surface area contributed by atoms with E-state index in [0.29, 0.717) is 6.04 Å². The maximum absolute atomic E-state index is 12.5. The molecule has 41 heavy (non-hydrogen) atoms. The van der Waals surface area contributed by atoms with Crippen LogP contribution in [0.2, 0.25) is 0 Å². The van der Waals surface area contributed by atoms with E-state index in [1.807, 2.05) is 31.7 Å². The number of ether oxygens (including phenoxy) is 1. The fraction of sp³-hybridized carbons (Fsp3) is 0.629. The minimum atomic E-state index is -0.437. The molecule has 0 spiro atoms. The number of amides is 1. The van der Waals surface area contributed by atoms with Crippen LogP contribution >= 0.6 is 0 Å². The molecule has 1 amide bonds. The molecule has 6 nitrogen and oxygen atoms in total. The maximum atomic E-state index is 12.5. The van der Waals surface area contributed by atoms with Crippen molar-refractivity contribution in [3.05, 3.63) is 71.8 Å². The first-order chi connectivity index (χ1) is 19.8. The van der Waals surface area contributed by atoms with Crippen molar-refractivity contribution in [1.82, 2.24) is 20.0 Å². The summed E-state index contributed by atoms with van der Waals surface area (Å²) in [5.41, 5.74) is 2.33. The second kappa shape index (κ2) is 17.5. The van der Waals surface area contributed by atoms with Crippen molar-refractivity contribution in [1.29, 1.82) is 0 Å². The third-order valence-electron chi connectivity index (χ3n) is 7.83. The molecule has 4 rings (SSSR count). The van der Waals surface area contributed by atoms with Gasteiger partial charge in [-0.25, -0.2) is 4.79 Å². The molecule has 2 aromatic carbocycles. The highest BCUT2D eigenvalue weighted by atomic mass is 16.6. The third-order valence-corrected chi connectivity index (χ3v) is 7.83. The summed E-state index contributed by atoms with van der Waals surface area (Å²) in [7, 11) is 0. The molecule has 2 fully saturated rings. The van der Waals surface area contributed by atoms with Crippen molar-refractivity contribution in [2.75, 3.05) is 39.3 Å². The van der Waals surface area contributed by atoms with Gasteiger partial charge in [-0.15, -0.1) is 0 Å². The van der Waals surface area contributed by atoms with Gasteiger partial charge in [0, 0.05) is 64.4 Å². The number of benzene rings is 2. The number of piperazine rings is 2. The molecule has 6 heteroatoms. The second-order valence-electron chi connectivity index (χ2n) is 12.7. The fourth-order valence-corrected chi connectivity index (χ4v) is 5.68. The van der Waals surface area contributed by atoms with Gasteiger partial charge in [-0.2, -0.15) is 0 Å². The topological polar surface area (TPSA) is 48.0 Å². The van der Waals surface area contributed by atoms with Gasteiger partial charge in [0.05, 0.1) is 0 Å². The molecule has 2 aliphatic rings. The molecule has 2 heterocycles. The number of rotatable bonds is 10. The highest BCUT2D eigenvalue weighted by Crippen LogP contribution is 2.21. The number of nitrogens with zero attached hydrogens (tertiary/aromatic N) is 3. The number of hydrogen-bond acceptors (Lipinski definition) is 5. The molecule has 2 aromatic rings. The van der Waals surface area contributed by atoms with Crippen LogP contribution in [0.25, 0.3) is 0 Å². The van der Waals surface area contributed by atoms with E-state index in [1.165, 1.54) is 43.5 Å². The first kappa shape index (κ1) is 33.1. The van der Waals surface area contributed by atoms with Crippen LogP contribution in [-0.4, -0.2) is 77.7 Å². The Hall–Kier alpha value is -2.41. The lowest BCUT2D eigenvalue weighted by Crippen LogP contribution is -2.55. The minimum absolute atomic E-state index is 0.164. The van der Waals surface area contributed by atoms with Crippen LogP contribution in [0, 0.1) is 0 Å². The Morgan fingerprint density at radius 2 is 1.37 bits per heavy atom. The van der Waals surface area contributed by atoms with E-state index >= 15 is 0 Å². The first-order valence-electron chi connectivity index (χ1n) is 16.0. The zero-order valence-electron chi connectivity index (χ0n) is 26.5. The van der Waals surface area contributed by atoms with Gasteiger partial charge in [0.15, 0.2) is 0 Å². The van der Waals surface area contributed by atoms with E-state index in [1.54, 1.807) is 0 Å². The highest BCUT2D eigenvalue weighted by molar-refractivity contribution is 5.68. The Labute approximate surface area is 250 Å². The predicted octanol–water partition coefficient (Wildman–Crippen LogP) is 6.95. The zero-order valence-corrected chi connectivity index (χ0v) is 26.5. The molecule has 2 aliphatic heterocycles. The Morgan fingerprint density at radius 1 is 0.805 bits per heavy atom. The zero-order chi connectivity index (χ0) is 29.5. The summed E-state index contributed by atoms with van der Waals surface area (Å²) in [4.78, 5) is 19.5. The van der Waals surface area contributed by atoms with Crippen LogP contribution in [0.5, 0.6) is 0 Å². The lowest BCUT2D eigenvalue weighted by molar-refractivity contribution is -0.00409. The van der Waals surface area contributed by atoms with Gasteiger partial charge in [0.2, 0.25) is 0 Å². The number of hydrogen-bond donors (Lipinski definition) is 1. The van der Waals surface area contributed by atoms with Gasteiger partial charge in [-0.3, -0.25) is 9.80 Å². The summed E-state index contributed by atoms with van der Waals surface area (Å²) in [5.74, 6) is 0. The summed E-state index contributed by atoms with van der Waals surface area (Å²) in [6, 6.07) is 22.3. The predicted molar refractivity (Wildman–Crippen MR) is 171 cm³/mol. The van der Waals surface area contributed by atoms with E-state index < -0.39 is 5.60 Å². The number of carbonyl (C=O) groups is 1. The molecule has 0 aliphatic carbocycles. The molecular formula is C35H56N4O2. The van der Waals surface area contributed by atoms with Gasteiger partial charge in [0.1, 0.15) is 5.60 Å². The molecular weight excluding hydrogens is 508 g/mol. The molecule has 228 valence electrons. The molecule has 0 bridgehead atoms. The quantitative estimate of drug-likeness (QED) is 0.338. The molecule has 0 radical (unpaired) electrons. The third kappa shape index (κ3) is 12.6. The fourth-order valence-electron chi connectivity index (χ4n) is 5.68. The van der Waals surface area contributed by atoms with Crippen molar-refractivity contribution >= 4 is 6.09 Å². The van der Waals surface area contributed by atoms with Crippen LogP contribution in [0.4, 0.5) is 4.79 Å². The lowest BCUT2D eigenvalue weighted by Gasteiger charge is -2.42. The largest absolute Gasteiger partial charge is 0.444 e. The monoisotopic (exact) mass is 564 g/mol. The van der Waals surface area contributed by atoms with Crippen molar-refractivity contribution in [3.63, 3.8) is 0 Å². The van der Waals surface area contributed by atoms with Crippen LogP contribution in [0.1, 0.15) is 84.3 Å². The standard InChI is InChI=1S/C20H32N2O2.C15H24N2/c1-5-6-12-18-16-21(15-17-10-8-7-9-11-17)13-14-22(18)19(23)24-20(2,3)4;1-2-3-9-15-13-17(11-10-16-15)12-14-7-5-4-6-8-14/h7-11,18H,5-6,12-16H2,1-4H3;4-8,15-16H,2-3,9-13H2,1H3/t18-;15-/m00/s1. The summed E-state index contributed by atoms with van der Waals surface area (Å²) >= 11 is 0. The number of carbonyl (C=O) groups excluding carboxylic acids is 1. The lowest BCUT2D eigenvalue weighted by atomic mass is 10.0. The van der Waals surface area contributed by atoms with Crippen molar-refractivity contribution in [3.8, 4) is 0 Å². The summed E-state index contributed by atoms with van der Waals surface area (Å²) < 4.78 is 5.61. The van der Waals surface area contributed by atoms with Gasteiger partial charge < -0.3 is 15.0 Å². The second-order valence-corrected chi connectivity index (χ2v) is 12.7. The smallest absolute Gasteiger partial charge is 0.410 e. The first-order valence-corrected chi connectivity index (χ1v) is 16.0. The summed E-state index contributed by atoms with van der Waals surface area (Å²) in [6.07, 6.45) is 7.14.